The van der Waals surface area contributed by atoms with Crippen LogP contribution < -0.4 is 0 Å². The Morgan fingerprint density at radius 3 is 2.72 bits per heavy atom. The number of epoxide rings is 1. The molecule has 4 fully saturated rings. The topological polar surface area (TPSA) is 73.0 Å². The number of allylic oxidation sites excluding steroid dienone is 2. The predicted octanol–water partition coefficient (Wildman–Crippen LogP) is 3.57. The molecule has 1 heterocycles. The Morgan fingerprint density at radius 1 is 1.28 bits per heavy atom. The van der Waals surface area contributed by atoms with Gasteiger partial charge in [0.15, 0.2) is 11.4 Å². The first-order valence-corrected chi connectivity index (χ1v) is 11.2. The molecule has 6 heteroatoms. The molecule has 5 aliphatic rings. The molecule has 0 aromatic heterocycles. The Balaban J connectivity index is 1.57. The molecule has 5 rings (SSSR count). The van der Waals surface area contributed by atoms with Crippen LogP contribution >= 0.6 is 12.6 Å². The van der Waals surface area contributed by atoms with Crippen molar-refractivity contribution in [1.82, 2.24) is 0 Å². The minimum atomic E-state index is -1.18. The van der Waals surface area contributed by atoms with Gasteiger partial charge in [0.2, 0.25) is 5.12 Å². The molecule has 1 saturated heterocycles. The van der Waals surface area contributed by atoms with Gasteiger partial charge < -0.3 is 9.47 Å². The number of hydrogen-bond donors (Lipinski definition) is 1. The quantitative estimate of drug-likeness (QED) is 0.433. The molecule has 0 radical (unpaired) electrons. The number of rotatable bonds is 3. The average Bonchev–Trinajstić information content (AvgIpc) is 3.31. The number of fused-ring (bicyclic) bond motifs is 3. The normalized spacial score (nSPS) is 49.3. The Morgan fingerprint density at radius 2 is 2.03 bits per heavy atom. The van der Waals surface area contributed by atoms with Crippen LogP contribution in [0.1, 0.15) is 59.3 Å². The predicted molar refractivity (Wildman–Crippen MR) is 109 cm³/mol. The van der Waals surface area contributed by atoms with Gasteiger partial charge in [-0.2, -0.15) is 0 Å². The summed E-state index contributed by atoms with van der Waals surface area (Å²) in [4.78, 5) is 37.0. The van der Waals surface area contributed by atoms with E-state index in [0.29, 0.717) is 12.8 Å². The van der Waals surface area contributed by atoms with Crippen molar-refractivity contribution in [2.45, 2.75) is 76.6 Å². The van der Waals surface area contributed by atoms with Crippen molar-refractivity contribution in [3.05, 3.63) is 23.8 Å². The van der Waals surface area contributed by atoms with Gasteiger partial charge in [0, 0.05) is 17.3 Å². The second-order valence-electron chi connectivity index (χ2n) is 9.88. The highest BCUT2D eigenvalue weighted by molar-refractivity contribution is 7.96. The number of carbonyl (C=O) groups is 3. The summed E-state index contributed by atoms with van der Waals surface area (Å²) in [6, 6.07) is 0. The molecule has 0 aromatic carbocycles. The maximum absolute atomic E-state index is 12.8. The molecular formula is C23H28O5S. The lowest BCUT2D eigenvalue weighted by molar-refractivity contribution is -0.181. The van der Waals surface area contributed by atoms with E-state index in [4.69, 9.17) is 9.47 Å². The minimum Gasteiger partial charge on any atom is -0.449 e. The number of carbonyl (C=O) groups excluding carboxylic acids is 3. The standard InChI is InChI=1S/C23H28O5S/c1-4-18(25)28-22(19(26)29)10-8-15-16-6-5-13-11-14(24)7-9-20(13,2)23(16)17(27-23)12-21(15,22)3/h7,9,11,15-17H,4-6,8,10,12H2,1-3H3,(H,26,29)/t15?,16?,17-,20?,21?,22-,23+/m0/s1. The van der Waals surface area contributed by atoms with Crippen LogP contribution in [-0.4, -0.2) is 34.2 Å². The number of thiol groups is 1. The Hall–Kier alpha value is -1.40. The molecule has 5 nitrogen and oxygen atoms in total. The van der Waals surface area contributed by atoms with E-state index in [0.717, 1.165) is 19.3 Å². The fourth-order valence-electron chi connectivity index (χ4n) is 7.46. The Kier molecular flexibility index (Phi) is 3.94. The van der Waals surface area contributed by atoms with E-state index < -0.39 is 11.0 Å². The fraction of sp³-hybridized carbons (Fsp3) is 0.696. The van der Waals surface area contributed by atoms with Crippen molar-refractivity contribution in [3.8, 4) is 0 Å². The first-order valence-electron chi connectivity index (χ1n) is 10.7. The summed E-state index contributed by atoms with van der Waals surface area (Å²) in [5, 5.41) is -0.344. The summed E-state index contributed by atoms with van der Waals surface area (Å²) >= 11 is 4.21. The highest BCUT2D eigenvalue weighted by atomic mass is 32.1. The molecule has 29 heavy (non-hydrogen) atoms. The van der Waals surface area contributed by atoms with E-state index in [1.54, 1.807) is 19.1 Å². The summed E-state index contributed by atoms with van der Waals surface area (Å²) in [5.74, 6) is 0.183. The van der Waals surface area contributed by atoms with E-state index >= 15 is 0 Å². The van der Waals surface area contributed by atoms with Crippen LogP contribution in [0.2, 0.25) is 0 Å². The molecular weight excluding hydrogens is 388 g/mol. The lowest BCUT2D eigenvalue weighted by Gasteiger charge is -2.55. The molecule has 1 spiro atoms. The van der Waals surface area contributed by atoms with Crippen LogP contribution in [0.25, 0.3) is 0 Å². The van der Waals surface area contributed by atoms with E-state index in [9.17, 15) is 14.4 Å². The Labute approximate surface area is 176 Å². The third-order valence-corrected chi connectivity index (χ3v) is 9.34. The van der Waals surface area contributed by atoms with E-state index in [1.807, 2.05) is 6.08 Å². The summed E-state index contributed by atoms with van der Waals surface area (Å²) in [6.07, 6.45) is 9.53. The van der Waals surface area contributed by atoms with Gasteiger partial charge in [-0.05, 0) is 63.0 Å². The van der Waals surface area contributed by atoms with E-state index in [2.05, 4.69) is 26.5 Å². The molecule has 3 saturated carbocycles. The smallest absolute Gasteiger partial charge is 0.306 e. The molecule has 4 aliphatic carbocycles. The number of ether oxygens (including phenoxy) is 2. The van der Waals surface area contributed by atoms with Gasteiger partial charge in [-0.1, -0.05) is 25.5 Å². The van der Waals surface area contributed by atoms with E-state index in [-0.39, 0.29) is 52.2 Å². The van der Waals surface area contributed by atoms with Crippen LogP contribution in [0.15, 0.2) is 23.8 Å². The lowest BCUT2D eigenvalue weighted by Crippen LogP contribution is -2.61. The minimum absolute atomic E-state index is 0.00853. The van der Waals surface area contributed by atoms with Gasteiger partial charge in [-0.15, -0.1) is 12.6 Å². The first kappa shape index (κ1) is 19.6. The zero-order chi connectivity index (χ0) is 20.8. The van der Waals surface area contributed by atoms with Gasteiger partial charge in [0.25, 0.3) is 0 Å². The second kappa shape index (κ2) is 5.85. The molecule has 0 bridgehead atoms. The van der Waals surface area contributed by atoms with Crippen LogP contribution in [-0.2, 0) is 23.9 Å². The third kappa shape index (κ3) is 2.15. The molecule has 4 unspecified atom stereocenters. The number of hydrogen-bond acceptors (Lipinski definition) is 5. The summed E-state index contributed by atoms with van der Waals surface area (Å²) < 4.78 is 12.4. The summed E-state index contributed by atoms with van der Waals surface area (Å²) in [5.41, 5.74) is -1.10. The first-order chi connectivity index (χ1) is 13.6. The molecule has 0 amide bonds. The van der Waals surface area contributed by atoms with Gasteiger partial charge in [0.05, 0.1) is 6.10 Å². The highest BCUT2D eigenvalue weighted by Crippen LogP contribution is 2.76. The zero-order valence-corrected chi connectivity index (χ0v) is 18.1. The summed E-state index contributed by atoms with van der Waals surface area (Å²) in [6.45, 7) is 6.04. The average molecular weight is 417 g/mol. The molecule has 156 valence electrons. The van der Waals surface area contributed by atoms with Gasteiger partial charge >= 0.3 is 5.97 Å². The maximum Gasteiger partial charge on any atom is 0.306 e. The SMILES string of the molecule is CCC(=O)O[C@]1(C(=O)S)CCC2C3CCC4=CC(=O)C=CC4(C)[C@@]34O[C@H]4CC21C. The maximum atomic E-state index is 12.8. The van der Waals surface area contributed by atoms with Gasteiger partial charge in [-0.3, -0.25) is 14.4 Å². The third-order valence-electron chi connectivity index (χ3n) is 8.98. The monoisotopic (exact) mass is 416 g/mol. The second-order valence-corrected chi connectivity index (χ2v) is 10.3. The van der Waals surface area contributed by atoms with E-state index in [1.165, 1.54) is 5.57 Å². The lowest BCUT2D eigenvalue weighted by atomic mass is 9.47. The van der Waals surface area contributed by atoms with Crippen molar-refractivity contribution in [1.29, 1.82) is 0 Å². The van der Waals surface area contributed by atoms with Crippen LogP contribution in [0, 0.1) is 22.7 Å². The largest absolute Gasteiger partial charge is 0.449 e. The van der Waals surface area contributed by atoms with Gasteiger partial charge in [-0.25, -0.2) is 0 Å². The van der Waals surface area contributed by atoms with Crippen molar-refractivity contribution in [2.24, 2.45) is 22.7 Å². The number of esters is 1. The molecule has 0 aromatic rings. The zero-order valence-electron chi connectivity index (χ0n) is 17.2. The van der Waals surface area contributed by atoms with Crippen molar-refractivity contribution in [3.63, 3.8) is 0 Å². The highest BCUT2D eigenvalue weighted by Gasteiger charge is 2.81. The van der Waals surface area contributed by atoms with Crippen LogP contribution in [0.3, 0.4) is 0 Å². The van der Waals surface area contributed by atoms with Crippen LogP contribution in [0.4, 0.5) is 0 Å². The number of ketones is 1. The van der Waals surface area contributed by atoms with Crippen molar-refractivity contribution < 1.29 is 23.9 Å². The van der Waals surface area contributed by atoms with Gasteiger partial charge in [0.1, 0.15) is 5.60 Å². The molecule has 7 atom stereocenters. The molecule has 0 N–H and O–H groups in total. The van der Waals surface area contributed by atoms with Crippen molar-refractivity contribution in [2.75, 3.05) is 0 Å². The van der Waals surface area contributed by atoms with Crippen LogP contribution in [0.5, 0.6) is 0 Å². The summed E-state index contributed by atoms with van der Waals surface area (Å²) in [7, 11) is 0. The van der Waals surface area contributed by atoms with Crippen molar-refractivity contribution >= 4 is 29.5 Å². The Bertz CT molecular complexity index is 892. The fourth-order valence-corrected chi connectivity index (χ4v) is 7.88. The molecule has 1 aliphatic heterocycles.